The Bertz CT molecular complexity index is 1050. The molecule has 3 aromatic rings. The first-order chi connectivity index (χ1) is 11.0. The number of H-pyrrole nitrogens is 1. The van der Waals surface area contributed by atoms with Crippen LogP contribution in [0.3, 0.4) is 0 Å². The summed E-state index contributed by atoms with van der Waals surface area (Å²) in [4.78, 5) is 14.4. The van der Waals surface area contributed by atoms with E-state index in [1.165, 1.54) is 18.5 Å². The average Bonchev–Trinajstić information content (AvgIpc) is 3.12. The van der Waals surface area contributed by atoms with E-state index < -0.39 is 9.84 Å². The first-order valence-electron chi connectivity index (χ1n) is 6.27. The number of hydrogen-bond donors (Lipinski definition) is 2. The van der Waals surface area contributed by atoms with Crippen molar-refractivity contribution in [1.29, 1.82) is 0 Å². The molecule has 9 nitrogen and oxygen atoms in total. The van der Waals surface area contributed by atoms with Crippen LogP contribution in [0.15, 0.2) is 33.0 Å². The van der Waals surface area contributed by atoms with Crippen LogP contribution in [0.5, 0.6) is 11.5 Å². The molecule has 2 aromatic heterocycles. The van der Waals surface area contributed by atoms with Crippen molar-refractivity contribution in [3.05, 3.63) is 22.9 Å². The summed E-state index contributed by atoms with van der Waals surface area (Å²) in [6.45, 7) is 0.0437. The van der Waals surface area contributed by atoms with Crippen LogP contribution in [0.1, 0.15) is 0 Å². The Balaban J connectivity index is 1.91. The molecule has 3 heterocycles. The van der Waals surface area contributed by atoms with Crippen LogP contribution >= 0.6 is 15.9 Å². The zero-order valence-corrected chi connectivity index (χ0v) is 13.7. The number of nitrogen functional groups attached to an aromatic ring is 1. The summed E-state index contributed by atoms with van der Waals surface area (Å²) in [7, 11) is -3.94. The smallest absolute Gasteiger partial charge is 0.241 e. The van der Waals surface area contributed by atoms with Gasteiger partial charge in [0, 0.05) is 10.5 Å². The zero-order valence-electron chi connectivity index (χ0n) is 11.3. The van der Waals surface area contributed by atoms with Gasteiger partial charge in [-0.3, -0.25) is 0 Å². The quantitative estimate of drug-likeness (QED) is 0.659. The highest BCUT2D eigenvalue weighted by Gasteiger charge is 2.28. The Morgan fingerprint density at radius 3 is 2.70 bits per heavy atom. The normalized spacial score (nSPS) is 13.6. The highest BCUT2D eigenvalue weighted by Crippen LogP contribution is 2.40. The van der Waals surface area contributed by atoms with E-state index in [4.69, 9.17) is 15.2 Å². The number of fused-ring (bicyclic) bond motifs is 2. The number of ether oxygens (including phenoxy) is 2. The van der Waals surface area contributed by atoms with Crippen molar-refractivity contribution >= 4 is 42.7 Å². The minimum absolute atomic E-state index is 0.00710. The lowest BCUT2D eigenvalue weighted by atomic mass is 10.3. The van der Waals surface area contributed by atoms with Crippen molar-refractivity contribution in [2.24, 2.45) is 0 Å². The molecule has 0 fully saturated rings. The second-order valence-electron chi connectivity index (χ2n) is 4.64. The van der Waals surface area contributed by atoms with Crippen LogP contribution in [0.4, 0.5) is 5.82 Å². The highest BCUT2D eigenvalue weighted by atomic mass is 79.9. The molecule has 23 heavy (non-hydrogen) atoms. The average molecular weight is 398 g/mol. The summed E-state index contributed by atoms with van der Waals surface area (Å²) in [5, 5.41) is -0.278. The molecular formula is C12H8BrN5O4S. The van der Waals surface area contributed by atoms with E-state index in [0.29, 0.717) is 16.0 Å². The number of nitrogens with one attached hydrogen (secondary N) is 1. The summed E-state index contributed by atoms with van der Waals surface area (Å²) < 4.78 is 36.4. The highest BCUT2D eigenvalue weighted by molar-refractivity contribution is 9.10. The number of sulfone groups is 1. The van der Waals surface area contributed by atoms with Gasteiger partial charge in [-0.25, -0.2) is 23.4 Å². The molecule has 0 spiro atoms. The molecule has 1 aliphatic heterocycles. The zero-order chi connectivity index (χ0) is 16.2. The molecule has 4 rings (SSSR count). The molecule has 118 valence electrons. The van der Waals surface area contributed by atoms with Gasteiger partial charge in [0.15, 0.2) is 28.5 Å². The number of imidazole rings is 1. The van der Waals surface area contributed by atoms with Gasteiger partial charge in [-0.15, -0.1) is 0 Å². The summed E-state index contributed by atoms with van der Waals surface area (Å²) in [5.74, 6) is 0.912. The number of nitrogens with two attached hydrogens (primary N) is 1. The molecule has 0 aliphatic carbocycles. The van der Waals surface area contributed by atoms with Gasteiger partial charge in [0.1, 0.15) is 6.33 Å². The van der Waals surface area contributed by atoms with Crippen molar-refractivity contribution in [2.45, 2.75) is 10.1 Å². The maximum absolute atomic E-state index is 12.8. The Morgan fingerprint density at radius 1 is 1.22 bits per heavy atom. The molecule has 0 amide bonds. The van der Waals surface area contributed by atoms with E-state index in [-0.39, 0.29) is 33.8 Å². The molecule has 0 radical (unpaired) electrons. The van der Waals surface area contributed by atoms with Crippen molar-refractivity contribution in [1.82, 2.24) is 19.9 Å². The molecule has 0 unspecified atom stereocenters. The van der Waals surface area contributed by atoms with Gasteiger partial charge in [0.05, 0.1) is 4.90 Å². The van der Waals surface area contributed by atoms with Crippen LogP contribution in [0, 0.1) is 0 Å². The van der Waals surface area contributed by atoms with Gasteiger partial charge in [-0.1, -0.05) is 0 Å². The third-order valence-electron chi connectivity index (χ3n) is 3.26. The largest absolute Gasteiger partial charge is 0.454 e. The first kappa shape index (κ1) is 14.2. The lowest BCUT2D eigenvalue weighted by Crippen LogP contribution is -2.05. The number of halogens is 1. The fraction of sp³-hybridized carbons (Fsp3) is 0.0833. The summed E-state index contributed by atoms with van der Waals surface area (Å²) in [5.41, 5.74) is 6.12. The topological polar surface area (TPSA) is 133 Å². The number of aromatic nitrogens is 4. The molecule has 1 aliphatic rings. The Labute approximate surface area is 137 Å². The minimum atomic E-state index is -3.94. The molecule has 0 bridgehead atoms. The monoisotopic (exact) mass is 397 g/mol. The van der Waals surface area contributed by atoms with Crippen LogP contribution in [0.25, 0.3) is 11.2 Å². The maximum atomic E-state index is 12.8. The van der Waals surface area contributed by atoms with Gasteiger partial charge in [-0.05, 0) is 22.0 Å². The molecule has 0 saturated heterocycles. The second-order valence-corrected chi connectivity index (χ2v) is 7.33. The summed E-state index contributed by atoms with van der Waals surface area (Å²) in [6.07, 6.45) is 1.22. The first-order valence-corrected chi connectivity index (χ1v) is 8.55. The number of hydrogen-bond acceptors (Lipinski definition) is 8. The summed E-state index contributed by atoms with van der Waals surface area (Å²) in [6, 6.07) is 2.91. The van der Waals surface area contributed by atoms with Gasteiger partial charge in [-0.2, -0.15) is 0 Å². The van der Waals surface area contributed by atoms with Crippen molar-refractivity contribution in [3.8, 4) is 11.5 Å². The molecule has 11 heteroatoms. The number of nitrogens with zero attached hydrogens (tertiary/aromatic N) is 3. The predicted octanol–water partition coefficient (Wildman–Crippen LogP) is 1.26. The van der Waals surface area contributed by atoms with E-state index in [0.717, 1.165) is 0 Å². The Kier molecular flexibility index (Phi) is 2.96. The van der Waals surface area contributed by atoms with Gasteiger partial charge in [0.25, 0.3) is 0 Å². The van der Waals surface area contributed by atoms with Crippen molar-refractivity contribution in [2.75, 3.05) is 12.5 Å². The van der Waals surface area contributed by atoms with Crippen LogP contribution in [-0.4, -0.2) is 35.1 Å². The van der Waals surface area contributed by atoms with E-state index in [9.17, 15) is 8.42 Å². The number of rotatable bonds is 2. The minimum Gasteiger partial charge on any atom is -0.454 e. The van der Waals surface area contributed by atoms with Crippen LogP contribution < -0.4 is 15.2 Å². The number of aromatic amines is 1. The summed E-state index contributed by atoms with van der Waals surface area (Å²) >= 11 is 3.23. The van der Waals surface area contributed by atoms with E-state index >= 15 is 0 Å². The van der Waals surface area contributed by atoms with E-state index in [1.807, 2.05) is 0 Å². The molecular weight excluding hydrogens is 390 g/mol. The van der Waals surface area contributed by atoms with Gasteiger partial charge >= 0.3 is 0 Å². The van der Waals surface area contributed by atoms with Crippen molar-refractivity contribution < 1.29 is 17.9 Å². The lowest BCUT2D eigenvalue weighted by Gasteiger charge is -2.05. The Hall–Kier alpha value is -2.40. The van der Waals surface area contributed by atoms with Crippen LogP contribution in [-0.2, 0) is 9.84 Å². The van der Waals surface area contributed by atoms with Gasteiger partial charge < -0.3 is 20.2 Å². The third kappa shape index (κ3) is 2.11. The maximum Gasteiger partial charge on any atom is 0.241 e. The predicted molar refractivity (Wildman–Crippen MR) is 81.8 cm³/mol. The SMILES string of the molecule is Nc1ncnc2[nH]c(S(=O)(=O)c3cc4c(cc3Br)OCO4)nc12. The Morgan fingerprint density at radius 2 is 1.96 bits per heavy atom. The second kappa shape index (κ2) is 4.80. The van der Waals surface area contributed by atoms with E-state index in [2.05, 4.69) is 35.9 Å². The van der Waals surface area contributed by atoms with Gasteiger partial charge in [0.2, 0.25) is 21.8 Å². The fourth-order valence-corrected chi connectivity index (χ4v) is 4.35. The number of benzene rings is 1. The number of anilines is 1. The fourth-order valence-electron chi connectivity index (χ4n) is 2.16. The standard InChI is InChI=1S/C12H8BrN5O4S/c13-5-1-6-7(22-4-21-6)2-8(5)23(19,20)12-17-9-10(14)15-3-16-11(9)18-12/h1-3H,4H2,(H3,14,15,16,17,18). The van der Waals surface area contributed by atoms with Crippen LogP contribution in [0.2, 0.25) is 0 Å². The third-order valence-corrected chi connectivity index (χ3v) is 5.80. The molecule has 0 saturated carbocycles. The van der Waals surface area contributed by atoms with E-state index in [1.54, 1.807) is 0 Å². The van der Waals surface area contributed by atoms with Crippen molar-refractivity contribution in [3.63, 3.8) is 0 Å². The molecule has 0 atom stereocenters. The molecule has 3 N–H and O–H groups in total. The molecule has 1 aromatic carbocycles. The lowest BCUT2D eigenvalue weighted by molar-refractivity contribution is 0.174.